The van der Waals surface area contributed by atoms with E-state index in [1.807, 2.05) is 0 Å². The third-order valence-electron chi connectivity index (χ3n) is 3.20. The van der Waals surface area contributed by atoms with Gasteiger partial charge in [0.1, 0.15) is 11.4 Å². The molecule has 1 aliphatic heterocycles. The summed E-state index contributed by atoms with van der Waals surface area (Å²) in [5.41, 5.74) is 2.39. The maximum absolute atomic E-state index is 6.03. The fraction of sp³-hybridized carbons (Fsp3) is 0.538. The highest BCUT2D eigenvalue weighted by Gasteiger charge is 2.30. The second-order valence-corrected chi connectivity index (χ2v) is 6.22. The van der Waals surface area contributed by atoms with Crippen molar-refractivity contribution in [1.82, 2.24) is 0 Å². The van der Waals surface area contributed by atoms with Crippen LogP contribution in [0.25, 0.3) is 0 Å². The summed E-state index contributed by atoms with van der Waals surface area (Å²) >= 11 is 3.62. The zero-order chi connectivity index (χ0) is 11.3. The van der Waals surface area contributed by atoms with Crippen molar-refractivity contribution in [2.45, 2.75) is 38.2 Å². The van der Waals surface area contributed by atoms with Gasteiger partial charge in [-0.05, 0) is 66.2 Å². The van der Waals surface area contributed by atoms with Crippen LogP contribution in [0.4, 0.5) is 5.69 Å². The van der Waals surface area contributed by atoms with Crippen molar-refractivity contribution in [1.29, 1.82) is 0 Å². The first kappa shape index (κ1) is 10.5. The van der Waals surface area contributed by atoms with E-state index >= 15 is 0 Å². The van der Waals surface area contributed by atoms with Gasteiger partial charge in [-0.15, -0.1) is 0 Å². The molecule has 1 saturated carbocycles. The van der Waals surface area contributed by atoms with Crippen LogP contribution in [-0.4, -0.2) is 12.1 Å². The van der Waals surface area contributed by atoms with Crippen LogP contribution in [0.15, 0.2) is 16.6 Å². The standard InChI is InChI=1S/C13H16BrNO/c1-13(2)7-15-12-10(14)5-9(8-3-4-8)6-11(12)16-13/h5-6,8,15H,3-4,7H2,1-2H3. The molecule has 1 aromatic rings. The Hall–Kier alpha value is -0.700. The lowest BCUT2D eigenvalue weighted by atomic mass is 10.0. The van der Waals surface area contributed by atoms with Crippen LogP contribution in [0.3, 0.4) is 0 Å². The van der Waals surface area contributed by atoms with Crippen molar-refractivity contribution in [2.24, 2.45) is 0 Å². The molecular formula is C13H16BrNO. The summed E-state index contributed by atoms with van der Waals surface area (Å²) in [4.78, 5) is 0. The molecule has 1 aromatic carbocycles. The Kier molecular flexibility index (Phi) is 2.22. The van der Waals surface area contributed by atoms with Gasteiger partial charge in [-0.2, -0.15) is 0 Å². The molecule has 3 rings (SSSR count). The van der Waals surface area contributed by atoms with Gasteiger partial charge in [0.15, 0.2) is 0 Å². The van der Waals surface area contributed by atoms with Gasteiger partial charge in [0.25, 0.3) is 0 Å². The zero-order valence-electron chi connectivity index (χ0n) is 9.64. The molecule has 1 aliphatic carbocycles. The molecule has 0 saturated heterocycles. The van der Waals surface area contributed by atoms with Crippen LogP contribution in [0, 0.1) is 0 Å². The van der Waals surface area contributed by atoms with Gasteiger partial charge >= 0.3 is 0 Å². The molecule has 0 atom stereocenters. The topological polar surface area (TPSA) is 21.3 Å². The average Bonchev–Trinajstić information content (AvgIpc) is 2.97. The van der Waals surface area contributed by atoms with E-state index in [0.717, 1.165) is 28.4 Å². The quantitative estimate of drug-likeness (QED) is 0.843. The molecule has 0 aromatic heterocycles. The van der Waals surface area contributed by atoms with Crippen LogP contribution >= 0.6 is 15.9 Å². The third kappa shape index (κ3) is 1.81. The van der Waals surface area contributed by atoms with E-state index in [4.69, 9.17) is 4.74 Å². The number of benzene rings is 1. The zero-order valence-corrected chi connectivity index (χ0v) is 11.2. The first-order valence-electron chi connectivity index (χ1n) is 5.81. The Balaban J connectivity index is 2.03. The summed E-state index contributed by atoms with van der Waals surface area (Å²) in [5.74, 6) is 1.75. The highest BCUT2D eigenvalue weighted by molar-refractivity contribution is 9.10. The van der Waals surface area contributed by atoms with E-state index in [9.17, 15) is 0 Å². The monoisotopic (exact) mass is 281 g/mol. The number of fused-ring (bicyclic) bond motifs is 1. The predicted molar refractivity (Wildman–Crippen MR) is 69.3 cm³/mol. The number of anilines is 1. The van der Waals surface area contributed by atoms with E-state index in [-0.39, 0.29) is 5.60 Å². The first-order chi connectivity index (χ1) is 7.55. The van der Waals surface area contributed by atoms with Crippen LogP contribution in [0.5, 0.6) is 5.75 Å². The lowest BCUT2D eigenvalue weighted by Crippen LogP contribution is -2.40. The first-order valence-corrected chi connectivity index (χ1v) is 6.61. The van der Waals surface area contributed by atoms with Gasteiger partial charge in [0.05, 0.1) is 12.2 Å². The number of nitrogens with one attached hydrogen (secondary N) is 1. The summed E-state index contributed by atoms with van der Waals surface area (Å²) in [5, 5.41) is 3.44. The van der Waals surface area contributed by atoms with Crippen molar-refractivity contribution in [2.75, 3.05) is 11.9 Å². The normalized spacial score (nSPS) is 21.9. The molecule has 1 fully saturated rings. The van der Waals surface area contributed by atoms with Crippen LogP contribution in [0.2, 0.25) is 0 Å². The Bertz CT molecular complexity index is 438. The van der Waals surface area contributed by atoms with Gasteiger partial charge in [0, 0.05) is 4.47 Å². The van der Waals surface area contributed by atoms with Crippen molar-refractivity contribution >= 4 is 21.6 Å². The maximum Gasteiger partial charge on any atom is 0.144 e. The van der Waals surface area contributed by atoms with E-state index in [1.54, 1.807) is 0 Å². The van der Waals surface area contributed by atoms with Gasteiger partial charge < -0.3 is 10.1 Å². The van der Waals surface area contributed by atoms with Crippen molar-refractivity contribution in [3.05, 3.63) is 22.2 Å². The Labute approximate surface area is 105 Å². The van der Waals surface area contributed by atoms with Crippen molar-refractivity contribution in [3.63, 3.8) is 0 Å². The summed E-state index contributed by atoms with van der Waals surface area (Å²) in [6, 6.07) is 4.43. The average molecular weight is 282 g/mol. The molecule has 0 unspecified atom stereocenters. The molecule has 0 bridgehead atoms. The van der Waals surface area contributed by atoms with E-state index in [2.05, 4.69) is 47.2 Å². The van der Waals surface area contributed by atoms with Crippen LogP contribution in [0.1, 0.15) is 38.2 Å². The predicted octanol–water partition coefficient (Wildman–Crippen LogP) is 3.91. The minimum Gasteiger partial charge on any atom is -0.484 e. The van der Waals surface area contributed by atoms with Crippen molar-refractivity contribution in [3.8, 4) is 5.75 Å². The Morgan fingerprint density at radius 1 is 1.38 bits per heavy atom. The number of rotatable bonds is 1. The smallest absolute Gasteiger partial charge is 0.144 e. The highest BCUT2D eigenvalue weighted by Crippen LogP contribution is 2.46. The van der Waals surface area contributed by atoms with E-state index < -0.39 is 0 Å². The molecule has 2 aliphatic rings. The Morgan fingerprint density at radius 2 is 2.12 bits per heavy atom. The van der Waals surface area contributed by atoms with Gasteiger partial charge in [0.2, 0.25) is 0 Å². The largest absolute Gasteiger partial charge is 0.484 e. The summed E-state index contributed by atoms with van der Waals surface area (Å²) in [7, 11) is 0. The molecule has 1 N–H and O–H groups in total. The lowest BCUT2D eigenvalue weighted by molar-refractivity contribution is 0.116. The van der Waals surface area contributed by atoms with Gasteiger partial charge in [-0.3, -0.25) is 0 Å². The molecular weight excluding hydrogens is 266 g/mol. The molecule has 3 heteroatoms. The number of hydrogen-bond acceptors (Lipinski definition) is 2. The Morgan fingerprint density at radius 3 is 2.81 bits per heavy atom. The molecule has 1 heterocycles. The molecule has 0 radical (unpaired) electrons. The summed E-state index contributed by atoms with van der Waals surface area (Å²) in [6.07, 6.45) is 2.64. The number of halogens is 1. The lowest BCUT2D eigenvalue weighted by Gasteiger charge is -2.34. The molecule has 0 spiro atoms. The van der Waals surface area contributed by atoms with E-state index in [0.29, 0.717) is 0 Å². The second kappa shape index (κ2) is 3.39. The summed E-state index contributed by atoms with van der Waals surface area (Å²) in [6.45, 7) is 5.07. The minimum atomic E-state index is -0.116. The fourth-order valence-corrected chi connectivity index (χ4v) is 2.74. The molecule has 16 heavy (non-hydrogen) atoms. The fourth-order valence-electron chi connectivity index (χ4n) is 2.14. The third-order valence-corrected chi connectivity index (χ3v) is 3.83. The molecule has 0 amide bonds. The highest BCUT2D eigenvalue weighted by atomic mass is 79.9. The van der Waals surface area contributed by atoms with Gasteiger partial charge in [-0.1, -0.05) is 0 Å². The van der Waals surface area contributed by atoms with Crippen LogP contribution < -0.4 is 10.1 Å². The van der Waals surface area contributed by atoms with E-state index in [1.165, 1.54) is 18.4 Å². The minimum absolute atomic E-state index is 0.116. The number of ether oxygens (including phenoxy) is 1. The SMILES string of the molecule is CC1(C)CNc2c(Br)cc(C3CC3)cc2O1. The molecule has 86 valence electrons. The van der Waals surface area contributed by atoms with Crippen molar-refractivity contribution < 1.29 is 4.74 Å². The second-order valence-electron chi connectivity index (χ2n) is 5.37. The summed E-state index contributed by atoms with van der Waals surface area (Å²) < 4.78 is 7.15. The number of hydrogen-bond donors (Lipinski definition) is 1. The van der Waals surface area contributed by atoms with Crippen LogP contribution in [-0.2, 0) is 0 Å². The van der Waals surface area contributed by atoms with Gasteiger partial charge in [-0.25, -0.2) is 0 Å². The maximum atomic E-state index is 6.03. The molecule has 2 nitrogen and oxygen atoms in total.